The number of hydrogen-bond donors (Lipinski definition) is 1. The van der Waals surface area contributed by atoms with E-state index in [1.807, 2.05) is 12.1 Å². The summed E-state index contributed by atoms with van der Waals surface area (Å²) in [4.78, 5) is 12.2. The quantitative estimate of drug-likeness (QED) is 0.935. The molecule has 1 aliphatic heterocycles. The van der Waals surface area contributed by atoms with Crippen LogP contribution in [0.15, 0.2) is 48.5 Å². The predicted octanol–water partition coefficient (Wildman–Crippen LogP) is 2.19. The first-order valence-electron chi connectivity index (χ1n) is 6.95. The van der Waals surface area contributed by atoms with Crippen molar-refractivity contribution >= 4 is 27.5 Å². The number of anilines is 2. The van der Waals surface area contributed by atoms with E-state index in [1.54, 1.807) is 30.3 Å². The highest BCUT2D eigenvalue weighted by atomic mass is 32.2. The fraction of sp³-hybridized carbons (Fsp3) is 0.125. The van der Waals surface area contributed by atoms with Crippen LogP contribution in [-0.4, -0.2) is 14.3 Å². The molecule has 2 aromatic carbocycles. The van der Waals surface area contributed by atoms with Gasteiger partial charge in [-0.2, -0.15) is 18.0 Å². The van der Waals surface area contributed by atoms with E-state index < -0.39 is 16.1 Å². The molecule has 116 valence electrons. The second kappa shape index (κ2) is 5.74. The maximum Gasteiger partial charge on any atom is 0.330 e. The number of benzene rings is 2. The van der Waals surface area contributed by atoms with Crippen LogP contribution in [0, 0.1) is 11.3 Å². The number of carbonyl (C=O) groups excluding carboxylic acids is 1. The fourth-order valence-corrected chi connectivity index (χ4v) is 3.82. The molecular formula is C16H13N3O3S. The zero-order chi connectivity index (χ0) is 16.4. The molecule has 0 radical (unpaired) electrons. The standard InChI is InChI=1S/C16H13N3O3S/c17-11-12-4-3-6-14(10-12)18-23(21,22)19-15-7-2-1-5-13(15)8-9-16(19)20/h1-7,10,18H,8-9H2. The molecule has 2 aromatic rings. The Morgan fingerprint density at radius 1 is 1.09 bits per heavy atom. The van der Waals surface area contributed by atoms with Gasteiger partial charge < -0.3 is 0 Å². The number of rotatable bonds is 3. The molecule has 0 bridgehead atoms. The van der Waals surface area contributed by atoms with E-state index in [-0.39, 0.29) is 12.1 Å². The summed E-state index contributed by atoms with van der Waals surface area (Å²) in [5.74, 6) is -0.479. The summed E-state index contributed by atoms with van der Waals surface area (Å²) >= 11 is 0. The minimum absolute atomic E-state index is 0.135. The molecule has 0 spiro atoms. The van der Waals surface area contributed by atoms with Gasteiger partial charge in [-0.15, -0.1) is 0 Å². The lowest BCUT2D eigenvalue weighted by atomic mass is 10.0. The number of para-hydroxylation sites is 1. The summed E-state index contributed by atoms with van der Waals surface area (Å²) in [5, 5.41) is 8.89. The third-order valence-electron chi connectivity index (χ3n) is 3.52. The SMILES string of the molecule is N#Cc1cccc(NS(=O)(=O)N2C(=O)CCc3ccccc32)c1. The van der Waals surface area contributed by atoms with Crippen LogP contribution in [0.5, 0.6) is 0 Å². The van der Waals surface area contributed by atoms with Gasteiger partial charge >= 0.3 is 10.2 Å². The molecule has 0 aliphatic carbocycles. The van der Waals surface area contributed by atoms with Gasteiger partial charge in [0.25, 0.3) is 0 Å². The van der Waals surface area contributed by atoms with Crippen LogP contribution in [0.4, 0.5) is 11.4 Å². The average Bonchev–Trinajstić information content (AvgIpc) is 2.54. The molecule has 1 amide bonds. The minimum Gasteiger partial charge on any atom is -0.273 e. The van der Waals surface area contributed by atoms with Crippen molar-refractivity contribution in [3.8, 4) is 6.07 Å². The first-order chi connectivity index (χ1) is 11.0. The minimum atomic E-state index is -4.10. The zero-order valence-corrected chi connectivity index (χ0v) is 12.9. The Morgan fingerprint density at radius 3 is 2.65 bits per heavy atom. The van der Waals surface area contributed by atoms with Crippen LogP contribution in [0.3, 0.4) is 0 Å². The number of nitrogens with one attached hydrogen (secondary N) is 1. The number of fused-ring (bicyclic) bond motifs is 1. The third-order valence-corrected chi connectivity index (χ3v) is 4.90. The van der Waals surface area contributed by atoms with E-state index in [9.17, 15) is 13.2 Å². The molecule has 1 heterocycles. The van der Waals surface area contributed by atoms with Crippen molar-refractivity contribution in [2.45, 2.75) is 12.8 Å². The monoisotopic (exact) mass is 327 g/mol. The summed E-state index contributed by atoms with van der Waals surface area (Å²) in [6.45, 7) is 0. The van der Waals surface area contributed by atoms with E-state index in [0.29, 0.717) is 17.7 Å². The van der Waals surface area contributed by atoms with Gasteiger partial charge in [0.05, 0.1) is 23.0 Å². The molecule has 1 N–H and O–H groups in total. The van der Waals surface area contributed by atoms with E-state index in [2.05, 4.69) is 4.72 Å². The van der Waals surface area contributed by atoms with Gasteiger partial charge in [0, 0.05) is 6.42 Å². The zero-order valence-electron chi connectivity index (χ0n) is 12.1. The Bertz CT molecular complexity index is 916. The predicted molar refractivity (Wildman–Crippen MR) is 85.9 cm³/mol. The second-order valence-electron chi connectivity index (χ2n) is 5.09. The van der Waals surface area contributed by atoms with Crippen LogP contribution in [0.2, 0.25) is 0 Å². The average molecular weight is 327 g/mol. The van der Waals surface area contributed by atoms with Crippen molar-refractivity contribution in [2.75, 3.05) is 9.03 Å². The van der Waals surface area contributed by atoms with E-state index in [4.69, 9.17) is 5.26 Å². The van der Waals surface area contributed by atoms with E-state index in [0.717, 1.165) is 9.87 Å². The molecule has 0 saturated heterocycles. The second-order valence-corrected chi connectivity index (χ2v) is 6.61. The lowest BCUT2D eigenvalue weighted by Crippen LogP contribution is -2.43. The highest BCUT2D eigenvalue weighted by Gasteiger charge is 2.33. The summed E-state index contributed by atoms with van der Waals surface area (Å²) in [6.07, 6.45) is 0.654. The van der Waals surface area contributed by atoms with Crippen LogP contribution >= 0.6 is 0 Å². The Balaban J connectivity index is 1.99. The van der Waals surface area contributed by atoms with Crippen molar-refractivity contribution in [1.82, 2.24) is 0 Å². The van der Waals surface area contributed by atoms with Gasteiger partial charge in [0.1, 0.15) is 0 Å². The van der Waals surface area contributed by atoms with Gasteiger partial charge in [-0.05, 0) is 36.2 Å². The topological polar surface area (TPSA) is 90.3 Å². The Labute approximate surface area is 134 Å². The first kappa shape index (κ1) is 15.1. The Kier molecular flexibility index (Phi) is 3.76. The van der Waals surface area contributed by atoms with Gasteiger partial charge in [-0.25, -0.2) is 0 Å². The number of hydrogen-bond acceptors (Lipinski definition) is 4. The summed E-state index contributed by atoms with van der Waals surface area (Å²) < 4.78 is 28.4. The lowest BCUT2D eigenvalue weighted by Gasteiger charge is -2.28. The molecule has 0 aromatic heterocycles. The van der Waals surface area contributed by atoms with Crippen LogP contribution in [-0.2, 0) is 21.4 Å². The highest BCUT2D eigenvalue weighted by molar-refractivity contribution is 7.94. The van der Waals surface area contributed by atoms with Crippen LogP contribution < -0.4 is 9.03 Å². The normalized spacial score (nSPS) is 14.0. The molecule has 3 rings (SSSR count). The molecule has 0 fully saturated rings. The number of nitriles is 1. The molecule has 23 heavy (non-hydrogen) atoms. The molecule has 0 saturated carbocycles. The highest BCUT2D eigenvalue weighted by Crippen LogP contribution is 2.30. The lowest BCUT2D eigenvalue weighted by molar-refractivity contribution is -0.117. The number of amides is 1. The molecule has 7 heteroatoms. The molecular weight excluding hydrogens is 314 g/mol. The van der Waals surface area contributed by atoms with Crippen molar-refractivity contribution in [3.05, 3.63) is 59.7 Å². The fourth-order valence-electron chi connectivity index (χ4n) is 2.51. The van der Waals surface area contributed by atoms with Gasteiger partial charge in [-0.1, -0.05) is 24.3 Å². The smallest absolute Gasteiger partial charge is 0.273 e. The summed E-state index contributed by atoms with van der Waals surface area (Å²) in [6, 6.07) is 14.9. The maximum absolute atomic E-state index is 12.6. The Hall–Kier alpha value is -2.85. The van der Waals surface area contributed by atoms with Gasteiger partial charge in [0.2, 0.25) is 5.91 Å². The van der Waals surface area contributed by atoms with Crippen molar-refractivity contribution in [1.29, 1.82) is 5.26 Å². The largest absolute Gasteiger partial charge is 0.330 e. The first-order valence-corrected chi connectivity index (χ1v) is 8.39. The van der Waals surface area contributed by atoms with Gasteiger partial charge in [0.15, 0.2) is 0 Å². The third kappa shape index (κ3) is 2.89. The summed E-state index contributed by atoms with van der Waals surface area (Å²) in [7, 11) is -4.10. The number of aryl methyl sites for hydroxylation is 1. The van der Waals surface area contributed by atoms with Crippen LogP contribution in [0.1, 0.15) is 17.5 Å². The van der Waals surface area contributed by atoms with Crippen molar-refractivity contribution < 1.29 is 13.2 Å². The molecule has 0 atom stereocenters. The maximum atomic E-state index is 12.6. The van der Waals surface area contributed by atoms with E-state index >= 15 is 0 Å². The van der Waals surface area contributed by atoms with Crippen molar-refractivity contribution in [3.63, 3.8) is 0 Å². The molecule has 0 unspecified atom stereocenters. The van der Waals surface area contributed by atoms with E-state index in [1.165, 1.54) is 12.1 Å². The molecule has 6 nitrogen and oxygen atoms in total. The number of carbonyl (C=O) groups is 1. The Morgan fingerprint density at radius 2 is 1.87 bits per heavy atom. The van der Waals surface area contributed by atoms with Gasteiger partial charge in [-0.3, -0.25) is 9.52 Å². The summed E-state index contributed by atoms with van der Waals surface area (Å²) in [5.41, 5.74) is 1.74. The number of nitrogens with zero attached hydrogens (tertiary/aromatic N) is 2. The molecule has 1 aliphatic rings. The van der Waals surface area contributed by atoms with Crippen molar-refractivity contribution in [2.24, 2.45) is 0 Å². The van der Waals surface area contributed by atoms with Crippen LogP contribution in [0.25, 0.3) is 0 Å².